The van der Waals surface area contributed by atoms with Crippen molar-refractivity contribution in [2.45, 2.75) is 17.8 Å². The lowest BCUT2D eigenvalue weighted by Gasteiger charge is -2.29. The van der Waals surface area contributed by atoms with E-state index in [1.165, 1.54) is 21.3 Å². The van der Waals surface area contributed by atoms with Gasteiger partial charge in [0, 0.05) is 36.5 Å². The van der Waals surface area contributed by atoms with E-state index in [0.717, 1.165) is 4.88 Å². The van der Waals surface area contributed by atoms with E-state index < -0.39 is 6.04 Å². The number of nitrogens with zero attached hydrogens (tertiary/aromatic N) is 1. The Bertz CT molecular complexity index is 896. The van der Waals surface area contributed by atoms with Crippen LogP contribution in [0.25, 0.3) is 0 Å². The van der Waals surface area contributed by atoms with Crippen molar-refractivity contribution >= 4 is 34.9 Å². The molecule has 0 radical (unpaired) electrons. The monoisotopic (exact) mass is 480 g/mol. The highest BCUT2D eigenvalue weighted by molar-refractivity contribution is 7.99. The Morgan fingerprint density at radius 1 is 1.12 bits per heavy atom. The van der Waals surface area contributed by atoms with E-state index in [1.807, 2.05) is 17.5 Å². The summed E-state index contributed by atoms with van der Waals surface area (Å²) in [6.45, 7) is 1.05. The van der Waals surface area contributed by atoms with Crippen molar-refractivity contribution < 1.29 is 28.5 Å². The minimum Gasteiger partial charge on any atom is -0.493 e. The number of carbonyl (C=O) groups is 2. The number of hydrogen-bond donors (Lipinski definition) is 1. The van der Waals surface area contributed by atoms with E-state index in [-0.39, 0.29) is 17.2 Å². The summed E-state index contributed by atoms with van der Waals surface area (Å²) in [7, 11) is 6.14. The predicted octanol–water partition coefficient (Wildman–Crippen LogP) is 3.18. The summed E-state index contributed by atoms with van der Waals surface area (Å²) in [5, 5.41) is 4.65. The molecular weight excluding hydrogens is 452 g/mol. The van der Waals surface area contributed by atoms with Crippen molar-refractivity contribution in [3.05, 3.63) is 40.1 Å². The zero-order valence-corrected chi connectivity index (χ0v) is 20.2. The molecule has 3 rings (SSSR count). The van der Waals surface area contributed by atoms with Crippen LogP contribution in [0.3, 0.4) is 0 Å². The molecule has 2 amide bonds. The third-order valence-electron chi connectivity index (χ3n) is 5.06. The van der Waals surface area contributed by atoms with Crippen LogP contribution in [0.15, 0.2) is 29.6 Å². The van der Waals surface area contributed by atoms with Crippen LogP contribution < -0.4 is 19.5 Å². The van der Waals surface area contributed by atoms with Crippen molar-refractivity contribution in [3.63, 3.8) is 0 Å². The molecule has 2 aromatic rings. The molecule has 1 aliphatic rings. The minimum atomic E-state index is -0.596. The van der Waals surface area contributed by atoms with Crippen LogP contribution in [0, 0.1) is 0 Å². The first-order valence-corrected chi connectivity index (χ1v) is 12.0. The second kappa shape index (κ2) is 11.4. The topological polar surface area (TPSA) is 86.3 Å². The molecule has 1 aromatic heterocycles. The summed E-state index contributed by atoms with van der Waals surface area (Å²) in [5.74, 6) is 1.24. The van der Waals surface area contributed by atoms with Gasteiger partial charge in [-0.05, 0) is 30.0 Å². The molecular formula is C22H28N2O6S2. The lowest BCUT2D eigenvalue weighted by molar-refractivity contribution is -0.124. The molecule has 1 aliphatic heterocycles. The van der Waals surface area contributed by atoms with Gasteiger partial charge < -0.3 is 29.2 Å². The van der Waals surface area contributed by atoms with E-state index in [0.29, 0.717) is 48.1 Å². The molecule has 1 N–H and O–H groups in total. The van der Waals surface area contributed by atoms with Gasteiger partial charge in [0.05, 0.1) is 21.3 Å². The third-order valence-corrected chi connectivity index (χ3v) is 7.44. The molecule has 1 saturated heterocycles. The van der Waals surface area contributed by atoms with Gasteiger partial charge in [-0.2, -0.15) is 0 Å². The highest BCUT2D eigenvalue weighted by atomic mass is 32.2. The molecule has 2 heterocycles. The number of thioether (sulfide) groups is 1. The molecule has 174 valence electrons. The van der Waals surface area contributed by atoms with E-state index in [2.05, 4.69) is 5.32 Å². The molecule has 32 heavy (non-hydrogen) atoms. The van der Waals surface area contributed by atoms with Crippen LogP contribution in [0.2, 0.25) is 0 Å². The number of amides is 2. The summed E-state index contributed by atoms with van der Waals surface area (Å²) in [5.41, 5.74) is 0.362. The molecule has 8 nitrogen and oxygen atoms in total. The maximum Gasteiger partial charge on any atom is 0.256 e. The second-order valence-corrected chi connectivity index (χ2v) is 9.07. The van der Waals surface area contributed by atoms with Gasteiger partial charge in [-0.1, -0.05) is 6.07 Å². The first kappa shape index (κ1) is 24.2. The lowest BCUT2D eigenvalue weighted by Crippen LogP contribution is -2.48. The summed E-state index contributed by atoms with van der Waals surface area (Å²) in [6.07, 6.45) is 0.706. The predicted molar refractivity (Wildman–Crippen MR) is 125 cm³/mol. The van der Waals surface area contributed by atoms with Gasteiger partial charge in [0.2, 0.25) is 11.7 Å². The molecule has 2 atom stereocenters. The molecule has 1 aromatic carbocycles. The first-order chi connectivity index (χ1) is 15.5. The van der Waals surface area contributed by atoms with Crippen molar-refractivity contribution in [3.8, 4) is 17.2 Å². The van der Waals surface area contributed by atoms with Crippen molar-refractivity contribution in [1.82, 2.24) is 10.2 Å². The fourth-order valence-electron chi connectivity index (χ4n) is 3.51. The Kier molecular flexibility index (Phi) is 8.66. The summed E-state index contributed by atoms with van der Waals surface area (Å²) < 4.78 is 21.2. The highest BCUT2D eigenvalue weighted by Gasteiger charge is 2.43. The Labute approximate surface area is 196 Å². The van der Waals surface area contributed by atoms with E-state index >= 15 is 0 Å². The van der Waals surface area contributed by atoms with Gasteiger partial charge >= 0.3 is 0 Å². The van der Waals surface area contributed by atoms with Gasteiger partial charge in [0.25, 0.3) is 5.91 Å². The number of methoxy groups -OCH3 is 4. The van der Waals surface area contributed by atoms with Gasteiger partial charge in [0.15, 0.2) is 11.5 Å². The van der Waals surface area contributed by atoms with Crippen molar-refractivity contribution in [1.29, 1.82) is 0 Å². The molecule has 0 aliphatic carbocycles. The number of benzene rings is 1. The molecule has 2 unspecified atom stereocenters. The minimum absolute atomic E-state index is 0.173. The average Bonchev–Trinajstić information content (AvgIpc) is 3.50. The summed E-state index contributed by atoms with van der Waals surface area (Å²) in [6, 6.07) is 6.57. The molecule has 0 saturated carbocycles. The SMILES string of the molecule is COCCCNC(=O)C1CSC(c2cccs2)N1C(=O)c1cc(OC)c(OC)c(OC)c1. The van der Waals surface area contributed by atoms with Crippen LogP contribution in [-0.2, 0) is 9.53 Å². The van der Waals surface area contributed by atoms with Crippen LogP contribution >= 0.6 is 23.1 Å². The van der Waals surface area contributed by atoms with Crippen LogP contribution in [0.4, 0.5) is 0 Å². The van der Waals surface area contributed by atoms with Crippen molar-refractivity contribution in [2.24, 2.45) is 0 Å². The third kappa shape index (κ3) is 5.13. The van der Waals surface area contributed by atoms with Gasteiger partial charge in [-0.15, -0.1) is 23.1 Å². The normalized spacial score (nSPS) is 17.8. The Morgan fingerprint density at radius 3 is 2.41 bits per heavy atom. The highest BCUT2D eigenvalue weighted by Crippen LogP contribution is 2.45. The molecule has 0 spiro atoms. The van der Waals surface area contributed by atoms with Gasteiger partial charge in [-0.25, -0.2) is 0 Å². The maximum absolute atomic E-state index is 13.7. The Balaban J connectivity index is 1.93. The summed E-state index contributed by atoms with van der Waals surface area (Å²) >= 11 is 3.15. The zero-order chi connectivity index (χ0) is 23.1. The number of ether oxygens (including phenoxy) is 4. The number of rotatable bonds is 10. The van der Waals surface area contributed by atoms with Crippen LogP contribution in [0.5, 0.6) is 17.2 Å². The van der Waals surface area contributed by atoms with Gasteiger partial charge in [-0.3, -0.25) is 9.59 Å². The van der Waals surface area contributed by atoms with E-state index in [9.17, 15) is 9.59 Å². The largest absolute Gasteiger partial charge is 0.493 e. The quantitative estimate of drug-likeness (QED) is 0.523. The van der Waals surface area contributed by atoms with E-state index in [4.69, 9.17) is 18.9 Å². The van der Waals surface area contributed by atoms with Crippen molar-refractivity contribution in [2.75, 3.05) is 47.3 Å². The number of nitrogens with one attached hydrogen (secondary N) is 1. The van der Waals surface area contributed by atoms with Crippen LogP contribution in [0.1, 0.15) is 27.0 Å². The second-order valence-electron chi connectivity index (χ2n) is 6.98. The molecule has 0 bridgehead atoms. The first-order valence-electron chi connectivity index (χ1n) is 10.1. The van der Waals surface area contributed by atoms with E-state index in [1.54, 1.807) is 47.2 Å². The molecule has 10 heteroatoms. The maximum atomic E-state index is 13.7. The van der Waals surface area contributed by atoms with Crippen LogP contribution in [-0.4, -0.2) is 70.1 Å². The molecule has 1 fully saturated rings. The number of carbonyl (C=O) groups excluding carboxylic acids is 2. The Hall–Kier alpha value is -2.43. The fourth-order valence-corrected chi connectivity index (χ4v) is 5.90. The number of hydrogen-bond acceptors (Lipinski definition) is 8. The standard InChI is InChI=1S/C22H28N2O6S2/c1-27-9-6-8-23-20(25)15-13-32-22(18-7-5-10-31-18)24(15)21(26)14-11-16(28-2)19(30-4)17(12-14)29-3/h5,7,10-12,15,22H,6,8-9,13H2,1-4H3,(H,23,25). The lowest BCUT2D eigenvalue weighted by atomic mass is 10.1. The smallest absolute Gasteiger partial charge is 0.256 e. The fraction of sp³-hybridized carbons (Fsp3) is 0.455. The Morgan fingerprint density at radius 2 is 1.84 bits per heavy atom. The number of thiophene rings is 1. The summed E-state index contributed by atoms with van der Waals surface area (Å²) in [4.78, 5) is 29.4. The van der Waals surface area contributed by atoms with Gasteiger partial charge in [0.1, 0.15) is 11.4 Å². The average molecular weight is 481 g/mol. The zero-order valence-electron chi connectivity index (χ0n) is 18.6.